The van der Waals surface area contributed by atoms with E-state index < -0.39 is 0 Å². The number of aromatic nitrogens is 2. The molecule has 1 aliphatic carbocycles. The molecule has 0 atom stereocenters. The fourth-order valence-electron chi connectivity index (χ4n) is 1.76. The van der Waals surface area contributed by atoms with Crippen molar-refractivity contribution in [1.29, 1.82) is 0 Å². The van der Waals surface area contributed by atoms with Crippen LogP contribution in [0.5, 0.6) is 0 Å². The number of nitrogens with one attached hydrogen (secondary N) is 1. The molecular weight excluding hydrogens is 328 g/mol. The van der Waals surface area contributed by atoms with Crippen molar-refractivity contribution in [3.63, 3.8) is 0 Å². The van der Waals surface area contributed by atoms with E-state index in [-0.39, 0.29) is 0 Å². The molecule has 0 radical (unpaired) electrons. The first kappa shape index (κ1) is 13.1. The van der Waals surface area contributed by atoms with Gasteiger partial charge in [0.25, 0.3) is 0 Å². The van der Waals surface area contributed by atoms with E-state index in [1.54, 1.807) is 11.3 Å². The Kier molecular flexibility index (Phi) is 3.86. The Morgan fingerprint density at radius 3 is 3.05 bits per heavy atom. The Morgan fingerprint density at radius 2 is 2.37 bits per heavy atom. The SMILES string of the molecule is CN(Cc1csc(Br)c1)c1nnc(CNC2CC2)o1. The lowest BCUT2D eigenvalue weighted by molar-refractivity contribution is 0.464. The predicted molar refractivity (Wildman–Crippen MR) is 78.3 cm³/mol. The van der Waals surface area contributed by atoms with Gasteiger partial charge in [0.2, 0.25) is 5.89 Å². The normalized spacial score (nSPS) is 14.8. The number of hydrogen-bond acceptors (Lipinski definition) is 6. The van der Waals surface area contributed by atoms with Crippen LogP contribution in [0.15, 0.2) is 19.6 Å². The van der Waals surface area contributed by atoms with Crippen LogP contribution in [0.25, 0.3) is 0 Å². The van der Waals surface area contributed by atoms with Crippen LogP contribution in [0.1, 0.15) is 24.3 Å². The lowest BCUT2D eigenvalue weighted by atomic mass is 10.3. The molecule has 1 fully saturated rings. The van der Waals surface area contributed by atoms with Crippen LogP contribution in [-0.4, -0.2) is 23.3 Å². The first-order chi connectivity index (χ1) is 9.20. The van der Waals surface area contributed by atoms with Gasteiger partial charge in [0.1, 0.15) is 0 Å². The summed E-state index contributed by atoms with van der Waals surface area (Å²) in [6.07, 6.45) is 2.52. The third kappa shape index (κ3) is 3.55. The summed E-state index contributed by atoms with van der Waals surface area (Å²) in [5.41, 5.74) is 1.23. The van der Waals surface area contributed by atoms with Gasteiger partial charge in [0.05, 0.1) is 10.3 Å². The van der Waals surface area contributed by atoms with Gasteiger partial charge in [-0.3, -0.25) is 0 Å². The predicted octanol–water partition coefficient (Wildman–Crippen LogP) is 2.78. The quantitative estimate of drug-likeness (QED) is 0.874. The highest BCUT2D eigenvalue weighted by Gasteiger charge is 2.21. The minimum absolute atomic E-state index is 0.565. The molecule has 0 unspecified atom stereocenters. The van der Waals surface area contributed by atoms with Gasteiger partial charge in [-0.1, -0.05) is 5.10 Å². The largest absolute Gasteiger partial charge is 0.407 e. The van der Waals surface area contributed by atoms with Gasteiger partial charge in [-0.05, 0) is 45.8 Å². The molecule has 1 aliphatic rings. The summed E-state index contributed by atoms with van der Waals surface area (Å²) >= 11 is 5.14. The average Bonchev–Trinajstić information content (AvgIpc) is 2.94. The molecule has 102 valence electrons. The zero-order chi connectivity index (χ0) is 13.2. The van der Waals surface area contributed by atoms with Gasteiger partial charge in [0, 0.05) is 19.6 Å². The maximum atomic E-state index is 5.64. The molecule has 2 aromatic rings. The van der Waals surface area contributed by atoms with Gasteiger partial charge in [-0.25, -0.2) is 0 Å². The van der Waals surface area contributed by atoms with Crippen LogP contribution >= 0.6 is 27.3 Å². The summed E-state index contributed by atoms with van der Waals surface area (Å²) < 4.78 is 6.77. The van der Waals surface area contributed by atoms with E-state index in [0.29, 0.717) is 24.5 Å². The maximum absolute atomic E-state index is 5.64. The Balaban J connectivity index is 1.57. The van der Waals surface area contributed by atoms with Crippen molar-refractivity contribution < 1.29 is 4.42 Å². The zero-order valence-corrected chi connectivity index (χ0v) is 13.0. The molecule has 3 rings (SSSR count). The summed E-state index contributed by atoms with van der Waals surface area (Å²) in [5.74, 6) is 0.653. The van der Waals surface area contributed by atoms with E-state index >= 15 is 0 Å². The highest BCUT2D eigenvalue weighted by Crippen LogP contribution is 2.23. The molecule has 0 spiro atoms. The van der Waals surface area contributed by atoms with Gasteiger partial charge >= 0.3 is 6.01 Å². The minimum atomic E-state index is 0.565. The molecule has 0 aromatic carbocycles. The molecule has 0 aliphatic heterocycles. The second kappa shape index (κ2) is 5.60. The first-order valence-electron chi connectivity index (χ1n) is 6.20. The zero-order valence-electron chi connectivity index (χ0n) is 10.6. The maximum Gasteiger partial charge on any atom is 0.318 e. The Bertz CT molecular complexity index is 551. The Labute approximate surface area is 124 Å². The van der Waals surface area contributed by atoms with E-state index in [1.807, 2.05) is 11.9 Å². The second-order valence-electron chi connectivity index (χ2n) is 4.75. The number of nitrogens with zero attached hydrogens (tertiary/aromatic N) is 3. The third-order valence-corrected chi connectivity index (χ3v) is 4.50. The number of halogens is 1. The molecule has 1 saturated carbocycles. The van der Waals surface area contributed by atoms with E-state index in [2.05, 4.69) is 42.9 Å². The first-order valence-corrected chi connectivity index (χ1v) is 7.88. The van der Waals surface area contributed by atoms with Gasteiger partial charge in [0.15, 0.2) is 0 Å². The molecule has 2 aromatic heterocycles. The van der Waals surface area contributed by atoms with Crippen molar-refractivity contribution in [3.8, 4) is 0 Å². The summed E-state index contributed by atoms with van der Waals surface area (Å²) in [4.78, 5) is 1.96. The summed E-state index contributed by atoms with van der Waals surface area (Å²) in [7, 11) is 1.96. The van der Waals surface area contributed by atoms with E-state index in [1.165, 1.54) is 18.4 Å². The molecule has 0 bridgehead atoms. The smallest absolute Gasteiger partial charge is 0.318 e. The monoisotopic (exact) mass is 342 g/mol. The van der Waals surface area contributed by atoms with Crippen molar-refractivity contribution in [2.24, 2.45) is 0 Å². The standard InChI is InChI=1S/C12H15BrN4OS/c1-17(6-8-4-10(13)19-7-8)12-16-15-11(18-12)5-14-9-2-3-9/h4,7,9,14H,2-3,5-6H2,1H3. The van der Waals surface area contributed by atoms with Gasteiger partial charge in [-0.15, -0.1) is 16.4 Å². The third-order valence-electron chi connectivity index (χ3n) is 2.94. The number of hydrogen-bond donors (Lipinski definition) is 1. The van der Waals surface area contributed by atoms with Crippen LogP contribution in [-0.2, 0) is 13.1 Å². The Hall–Kier alpha value is -0.920. The van der Waals surface area contributed by atoms with Crippen LogP contribution in [0, 0.1) is 0 Å². The van der Waals surface area contributed by atoms with E-state index in [9.17, 15) is 0 Å². The lowest BCUT2D eigenvalue weighted by Gasteiger charge is -2.12. The Morgan fingerprint density at radius 1 is 1.53 bits per heavy atom. The van der Waals surface area contributed by atoms with E-state index in [4.69, 9.17) is 4.42 Å². The minimum Gasteiger partial charge on any atom is -0.407 e. The van der Waals surface area contributed by atoms with Crippen LogP contribution in [0.3, 0.4) is 0 Å². The number of rotatable bonds is 6. The van der Waals surface area contributed by atoms with Gasteiger partial charge in [-0.2, -0.15) is 0 Å². The van der Waals surface area contributed by atoms with Crippen molar-refractivity contribution >= 4 is 33.3 Å². The lowest BCUT2D eigenvalue weighted by Crippen LogP contribution is -2.16. The van der Waals surface area contributed by atoms with Crippen LogP contribution in [0.2, 0.25) is 0 Å². The number of thiophene rings is 1. The molecule has 2 heterocycles. The van der Waals surface area contributed by atoms with Crippen molar-refractivity contribution in [2.45, 2.75) is 32.0 Å². The molecule has 19 heavy (non-hydrogen) atoms. The number of anilines is 1. The second-order valence-corrected chi connectivity index (χ2v) is 7.04. The molecule has 0 amide bonds. The topological polar surface area (TPSA) is 54.2 Å². The molecular formula is C12H15BrN4OS. The van der Waals surface area contributed by atoms with Crippen LogP contribution in [0.4, 0.5) is 6.01 Å². The van der Waals surface area contributed by atoms with Crippen LogP contribution < -0.4 is 10.2 Å². The highest BCUT2D eigenvalue weighted by atomic mass is 79.9. The van der Waals surface area contributed by atoms with Crippen molar-refractivity contribution in [2.75, 3.05) is 11.9 Å². The molecule has 5 nitrogen and oxygen atoms in total. The summed E-state index contributed by atoms with van der Waals surface area (Å²) in [6, 6.07) is 3.32. The molecule has 1 N–H and O–H groups in total. The fraction of sp³-hybridized carbons (Fsp3) is 0.500. The fourth-order valence-corrected chi connectivity index (χ4v) is 2.96. The molecule has 7 heteroatoms. The van der Waals surface area contributed by atoms with E-state index in [0.717, 1.165) is 10.3 Å². The highest BCUT2D eigenvalue weighted by molar-refractivity contribution is 9.11. The summed E-state index contributed by atoms with van der Waals surface area (Å²) in [5, 5.41) is 13.6. The average molecular weight is 343 g/mol. The van der Waals surface area contributed by atoms with Crippen molar-refractivity contribution in [1.82, 2.24) is 15.5 Å². The van der Waals surface area contributed by atoms with Crippen molar-refractivity contribution in [3.05, 3.63) is 26.7 Å². The summed E-state index contributed by atoms with van der Waals surface area (Å²) in [6.45, 7) is 1.43. The van der Waals surface area contributed by atoms with Gasteiger partial charge < -0.3 is 14.6 Å². The molecule has 0 saturated heterocycles.